The first kappa shape index (κ1) is 22.7. The Morgan fingerprint density at radius 2 is 1.52 bits per heavy atom. The molecule has 2 aromatic rings. The van der Waals surface area contributed by atoms with Gasteiger partial charge in [0, 0.05) is 5.56 Å². The minimum Gasteiger partial charge on any atom is -0.490 e. The quantitative estimate of drug-likeness (QED) is 0.573. The third-order valence-electron chi connectivity index (χ3n) is 3.72. The second-order valence-corrected chi connectivity index (χ2v) is 6.15. The zero-order valence-corrected chi connectivity index (χ0v) is 16.9. The van der Waals surface area contributed by atoms with Crippen LogP contribution in [0, 0.1) is 0 Å². The number of carbonyl (C=O) groups excluding carboxylic acids is 1. The van der Waals surface area contributed by atoms with Gasteiger partial charge in [0.1, 0.15) is 0 Å². The van der Waals surface area contributed by atoms with Crippen molar-refractivity contribution >= 4 is 23.2 Å². The highest BCUT2D eigenvalue weighted by atomic mass is 35.5. The molecular formula is C20H21ClF3NO4. The molecule has 2 aromatic carbocycles. The molecule has 29 heavy (non-hydrogen) atoms. The summed E-state index contributed by atoms with van der Waals surface area (Å²) >= 11 is 5.91. The number of hydrogen-bond acceptors (Lipinski definition) is 4. The number of ether oxygens (including phenoxy) is 3. The smallest absolute Gasteiger partial charge is 0.416 e. The van der Waals surface area contributed by atoms with Gasteiger partial charge in [-0.2, -0.15) is 13.2 Å². The fraction of sp³-hybridized carbons (Fsp3) is 0.350. The molecule has 0 aliphatic heterocycles. The predicted molar refractivity (Wildman–Crippen MR) is 104 cm³/mol. The molecule has 0 heterocycles. The predicted octanol–water partition coefficient (Wildman–Crippen LogP) is 5.81. The Labute approximate surface area is 171 Å². The van der Waals surface area contributed by atoms with Gasteiger partial charge in [-0.1, -0.05) is 11.6 Å². The number of carbonyl (C=O) groups is 1. The van der Waals surface area contributed by atoms with Crippen molar-refractivity contribution < 1.29 is 32.2 Å². The Balaban J connectivity index is 2.37. The molecule has 9 heteroatoms. The van der Waals surface area contributed by atoms with Crippen LogP contribution in [0.15, 0.2) is 30.3 Å². The number of hydrogen-bond donors (Lipinski definition) is 1. The standard InChI is InChI=1S/C20H21ClF3NO4/c1-4-27-16-9-12(10-17(28-5-2)18(16)29-6-3)19(26)25-15-8-7-13(11-14(15)21)20(22,23)24/h7-11H,4-6H2,1-3H3,(H,25,26). The Hall–Kier alpha value is -2.61. The van der Waals surface area contributed by atoms with Crippen LogP contribution in [0.3, 0.4) is 0 Å². The van der Waals surface area contributed by atoms with E-state index in [0.717, 1.165) is 18.2 Å². The summed E-state index contributed by atoms with van der Waals surface area (Å²) in [7, 11) is 0. The summed E-state index contributed by atoms with van der Waals surface area (Å²) in [5.74, 6) is 0.435. The number of anilines is 1. The minimum absolute atomic E-state index is 0.0504. The van der Waals surface area contributed by atoms with E-state index in [0.29, 0.717) is 37.1 Å². The van der Waals surface area contributed by atoms with Gasteiger partial charge in [0.15, 0.2) is 11.5 Å². The van der Waals surface area contributed by atoms with Gasteiger partial charge in [0.2, 0.25) is 5.75 Å². The van der Waals surface area contributed by atoms with Gasteiger partial charge in [-0.05, 0) is 51.1 Å². The molecule has 0 radical (unpaired) electrons. The summed E-state index contributed by atoms with van der Waals surface area (Å²) in [6, 6.07) is 5.66. The van der Waals surface area contributed by atoms with Crippen LogP contribution in [0.4, 0.5) is 18.9 Å². The molecule has 0 saturated heterocycles. The van der Waals surface area contributed by atoms with Crippen LogP contribution < -0.4 is 19.5 Å². The Morgan fingerprint density at radius 3 is 1.97 bits per heavy atom. The van der Waals surface area contributed by atoms with Crippen LogP contribution in [0.2, 0.25) is 5.02 Å². The van der Waals surface area contributed by atoms with Crippen molar-refractivity contribution in [3.05, 3.63) is 46.5 Å². The van der Waals surface area contributed by atoms with Crippen molar-refractivity contribution in [2.24, 2.45) is 0 Å². The van der Waals surface area contributed by atoms with E-state index in [1.165, 1.54) is 12.1 Å². The summed E-state index contributed by atoms with van der Waals surface area (Å²) in [5, 5.41) is 2.28. The molecule has 1 amide bonds. The number of rotatable bonds is 8. The van der Waals surface area contributed by atoms with E-state index in [1.807, 2.05) is 0 Å². The first-order valence-electron chi connectivity index (χ1n) is 8.95. The number of amides is 1. The molecule has 5 nitrogen and oxygen atoms in total. The number of benzene rings is 2. The van der Waals surface area contributed by atoms with E-state index in [1.54, 1.807) is 20.8 Å². The fourth-order valence-electron chi connectivity index (χ4n) is 2.51. The van der Waals surface area contributed by atoms with Gasteiger partial charge in [0.05, 0.1) is 36.1 Å². The van der Waals surface area contributed by atoms with Gasteiger partial charge in [-0.15, -0.1) is 0 Å². The topological polar surface area (TPSA) is 56.8 Å². The van der Waals surface area contributed by atoms with E-state index in [2.05, 4.69) is 5.32 Å². The molecule has 158 valence electrons. The average molecular weight is 432 g/mol. The molecular weight excluding hydrogens is 411 g/mol. The van der Waals surface area contributed by atoms with Crippen molar-refractivity contribution in [3.8, 4) is 17.2 Å². The third-order valence-corrected chi connectivity index (χ3v) is 4.03. The van der Waals surface area contributed by atoms with Crippen molar-refractivity contribution in [1.82, 2.24) is 0 Å². The van der Waals surface area contributed by atoms with Crippen molar-refractivity contribution in [2.75, 3.05) is 25.1 Å². The summed E-state index contributed by atoms with van der Waals surface area (Å²) in [4.78, 5) is 12.7. The van der Waals surface area contributed by atoms with E-state index >= 15 is 0 Å². The summed E-state index contributed by atoms with van der Waals surface area (Å²) in [6.45, 7) is 6.41. The SMILES string of the molecule is CCOc1cc(C(=O)Nc2ccc(C(F)(F)F)cc2Cl)cc(OCC)c1OCC. The van der Waals surface area contributed by atoms with Crippen LogP contribution in [-0.2, 0) is 6.18 Å². The second kappa shape index (κ2) is 9.73. The maximum atomic E-state index is 12.8. The lowest BCUT2D eigenvalue weighted by Crippen LogP contribution is -2.14. The highest BCUT2D eigenvalue weighted by Crippen LogP contribution is 2.39. The van der Waals surface area contributed by atoms with Crippen LogP contribution in [0.25, 0.3) is 0 Å². The number of nitrogens with one attached hydrogen (secondary N) is 1. The van der Waals surface area contributed by atoms with Crippen LogP contribution in [0.5, 0.6) is 17.2 Å². The van der Waals surface area contributed by atoms with Gasteiger partial charge in [-0.3, -0.25) is 4.79 Å². The Kier molecular flexibility index (Phi) is 7.61. The molecule has 0 bridgehead atoms. The first-order chi connectivity index (χ1) is 13.7. The molecule has 0 atom stereocenters. The normalized spacial score (nSPS) is 11.1. The Bertz CT molecular complexity index is 844. The first-order valence-corrected chi connectivity index (χ1v) is 9.33. The highest BCUT2D eigenvalue weighted by molar-refractivity contribution is 6.34. The minimum atomic E-state index is -4.53. The lowest BCUT2D eigenvalue weighted by Gasteiger charge is -2.17. The zero-order valence-electron chi connectivity index (χ0n) is 16.2. The van der Waals surface area contributed by atoms with Crippen LogP contribution in [-0.4, -0.2) is 25.7 Å². The van der Waals surface area contributed by atoms with Gasteiger partial charge in [-0.25, -0.2) is 0 Å². The molecule has 1 N–H and O–H groups in total. The molecule has 0 fully saturated rings. The van der Waals surface area contributed by atoms with Crippen LogP contribution >= 0.6 is 11.6 Å². The van der Waals surface area contributed by atoms with Crippen molar-refractivity contribution in [3.63, 3.8) is 0 Å². The molecule has 0 aliphatic rings. The molecule has 0 spiro atoms. The molecule has 0 aromatic heterocycles. The van der Waals surface area contributed by atoms with Gasteiger partial charge >= 0.3 is 6.18 Å². The molecule has 2 rings (SSSR count). The molecule has 0 unspecified atom stereocenters. The van der Waals surface area contributed by atoms with E-state index in [4.69, 9.17) is 25.8 Å². The molecule has 0 saturated carbocycles. The maximum absolute atomic E-state index is 12.8. The lowest BCUT2D eigenvalue weighted by molar-refractivity contribution is -0.137. The second-order valence-electron chi connectivity index (χ2n) is 5.75. The fourth-order valence-corrected chi connectivity index (χ4v) is 2.73. The van der Waals surface area contributed by atoms with Crippen LogP contribution in [0.1, 0.15) is 36.7 Å². The zero-order chi connectivity index (χ0) is 21.6. The van der Waals surface area contributed by atoms with Gasteiger partial charge < -0.3 is 19.5 Å². The summed E-state index contributed by atoms with van der Waals surface area (Å²) in [6.07, 6.45) is -4.53. The summed E-state index contributed by atoms with van der Waals surface area (Å²) < 4.78 is 55.0. The number of halogens is 4. The largest absolute Gasteiger partial charge is 0.490 e. The maximum Gasteiger partial charge on any atom is 0.416 e. The summed E-state index contributed by atoms with van der Waals surface area (Å²) in [5.41, 5.74) is -0.676. The third kappa shape index (κ3) is 5.69. The Morgan fingerprint density at radius 1 is 0.966 bits per heavy atom. The number of alkyl halides is 3. The molecule has 0 aliphatic carbocycles. The van der Waals surface area contributed by atoms with Gasteiger partial charge in [0.25, 0.3) is 5.91 Å². The monoisotopic (exact) mass is 431 g/mol. The van der Waals surface area contributed by atoms with E-state index < -0.39 is 17.6 Å². The van der Waals surface area contributed by atoms with E-state index in [9.17, 15) is 18.0 Å². The van der Waals surface area contributed by atoms with Crippen molar-refractivity contribution in [2.45, 2.75) is 26.9 Å². The van der Waals surface area contributed by atoms with Crippen molar-refractivity contribution in [1.29, 1.82) is 0 Å². The lowest BCUT2D eigenvalue weighted by atomic mass is 10.1. The van der Waals surface area contributed by atoms with E-state index in [-0.39, 0.29) is 16.3 Å². The average Bonchev–Trinajstić information content (AvgIpc) is 2.65. The highest BCUT2D eigenvalue weighted by Gasteiger charge is 2.31.